The fourth-order valence-electron chi connectivity index (χ4n) is 2.84. The first-order valence-corrected chi connectivity index (χ1v) is 7.48. The Kier molecular flexibility index (Phi) is 4.06. The van der Waals surface area contributed by atoms with Crippen molar-refractivity contribution in [3.8, 4) is 0 Å². The number of aryl methyl sites for hydroxylation is 2. The molecule has 0 amide bonds. The molecule has 0 saturated carbocycles. The summed E-state index contributed by atoms with van der Waals surface area (Å²) in [5.41, 5.74) is 3.64. The van der Waals surface area contributed by atoms with E-state index >= 15 is 0 Å². The van der Waals surface area contributed by atoms with E-state index in [1.54, 1.807) is 0 Å². The lowest BCUT2D eigenvalue weighted by atomic mass is 10.1. The third kappa shape index (κ3) is 2.94. The molecule has 0 aliphatic carbocycles. The fraction of sp³-hybridized carbons (Fsp3) is 0.533. The van der Waals surface area contributed by atoms with Gasteiger partial charge in [-0.1, -0.05) is 0 Å². The summed E-state index contributed by atoms with van der Waals surface area (Å²) < 4.78 is 14.8. The average molecular weight is 304 g/mol. The second kappa shape index (κ2) is 6.00. The van der Waals surface area contributed by atoms with Gasteiger partial charge in [0, 0.05) is 51.0 Å². The van der Waals surface area contributed by atoms with Crippen LogP contribution in [0, 0.1) is 19.7 Å². The molecule has 7 heteroatoms. The van der Waals surface area contributed by atoms with Gasteiger partial charge in [0.25, 0.3) is 0 Å². The van der Waals surface area contributed by atoms with Crippen LogP contribution in [0.25, 0.3) is 0 Å². The molecule has 0 atom stereocenters. The largest absolute Gasteiger partial charge is 0.338 e. The van der Waals surface area contributed by atoms with E-state index in [1.807, 2.05) is 11.7 Å². The summed E-state index contributed by atoms with van der Waals surface area (Å²) in [6, 6.07) is 0. The van der Waals surface area contributed by atoms with Gasteiger partial charge in [-0.15, -0.1) is 0 Å². The standard InChI is InChI=1S/C15H21FN6/c1-11-14(12(2)20(3)19-11)10-21-4-6-22(7-5-21)15-17-8-13(16)9-18-15/h8-9H,4-7,10H2,1-3H3. The summed E-state index contributed by atoms with van der Waals surface area (Å²) in [4.78, 5) is 12.6. The van der Waals surface area contributed by atoms with Crippen LogP contribution in [0.1, 0.15) is 17.0 Å². The number of piperazine rings is 1. The Bertz CT molecular complexity index is 643. The molecule has 0 spiro atoms. The molecule has 22 heavy (non-hydrogen) atoms. The Balaban J connectivity index is 1.61. The molecular weight excluding hydrogens is 283 g/mol. The minimum atomic E-state index is -0.398. The molecule has 0 bridgehead atoms. The highest BCUT2D eigenvalue weighted by Gasteiger charge is 2.21. The lowest BCUT2D eigenvalue weighted by molar-refractivity contribution is 0.247. The summed E-state index contributed by atoms with van der Waals surface area (Å²) in [5.74, 6) is 0.208. The predicted octanol–water partition coefficient (Wildman–Crippen LogP) is 1.29. The molecule has 1 aliphatic heterocycles. The van der Waals surface area contributed by atoms with Crippen LogP contribution in [0.4, 0.5) is 10.3 Å². The van der Waals surface area contributed by atoms with E-state index in [-0.39, 0.29) is 0 Å². The molecular formula is C15H21FN6. The molecule has 0 N–H and O–H groups in total. The van der Waals surface area contributed by atoms with Crippen LogP contribution in [-0.4, -0.2) is 50.8 Å². The summed E-state index contributed by atoms with van der Waals surface area (Å²) in [5, 5.41) is 4.47. The Morgan fingerprint density at radius 3 is 2.27 bits per heavy atom. The zero-order chi connectivity index (χ0) is 15.7. The SMILES string of the molecule is Cc1nn(C)c(C)c1CN1CCN(c2ncc(F)cn2)CC1. The highest BCUT2D eigenvalue weighted by Crippen LogP contribution is 2.17. The van der Waals surface area contributed by atoms with Crippen molar-refractivity contribution in [1.29, 1.82) is 0 Å². The van der Waals surface area contributed by atoms with E-state index in [9.17, 15) is 4.39 Å². The topological polar surface area (TPSA) is 50.1 Å². The van der Waals surface area contributed by atoms with Crippen molar-refractivity contribution < 1.29 is 4.39 Å². The fourth-order valence-corrected chi connectivity index (χ4v) is 2.84. The first-order chi connectivity index (χ1) is 10.5. The Morgan fingerprint density at radius 2 is 1.73 bits per heavy atom. The van der Waals surface area contributed by atoms with E-state index < -0.39 is 5.82 Å². The summed E-state index contributed by atoms with van der Waals surface area (Å²) in [6.07, 6.45) is 2.44. The summed E-state index contributed by atoms with van der Waals surface area (Å²) >= 11 is 0. The van der Waals surface area contributed by atoms with Gasteiger partial charge in [0.2, 0.25) is 5.95 Å². The Morgan fingerprint density at radius 1 is 1.09 bits per heavy atom. The molecule has 0 aromatic carbocycles. The monoisotopic (exact) mass is 304 g/mol. The van der Waals surface area contributed by atoms with Gasteiger partial charge in [-0.25, -0.2) is 14.4 Å². The van der Waals surface area contributed by atoms with Crippen molar-refractivity contribution in [3.63, 3.8) is 0 Å². The molecule has 118 valence electrons. The van der Waals surface area contributed by atoms with Crippen LogP contribution in [0.15, 0.2) is 12.4 Å². The van der Waals surface area contributed by atoms with E-state index in [4.69, 9.17) is 0 Å². The Hall–Kier alpha value is -2.02. The van der Waals surface area contributed by atoms with E-state index in [0.29, 0.717) is 5.95 Å². The zero-order valence-electron chi connectivity index (χ0n) is 13.3. The van der Waals surface area contributed by atoms with Crippen molar-refractivity contribution in [1.82, 2.24) is 24.6 Å². The van der Waals surface area contributed by atoms with Crippen molar-refractivity contribution in [2.24, 2.45) is 7.05 Å². The van der Waals surface area contributed by atoms with Crippen LogP contribution in [0.3, 0.4) is 0 Å². The number of anilines is 1. The minimum absolute atomic E-state index is 0.398. The number of rotatable bonds is 3. The van der Waals surface area contributed by atoms with Gasteiger partial charge in [-0.3, -0.25) is 9.58 Å². The molecule has 2 aromatic rings. The van der Waals surface area contributed by atoms with Crippen LogP contribution >= 0.6 is 0 Å². The van der Waals surface area contributed by atoms with Crippen LogP contribution < -0.4 is 4.90 Å². The number of aromatic nitrogens is 4. The lowest BCUT2D eigenvalue weighted by Gasteiger charge is -2.34. The number of hydrogen-bond donors (Lipinski definition) is 0. The van der Waals surface area contributed by atoms with Gasteiger partial charge >= 0.3 is 0 Å². The van der Waals surface area contributed by atoms with E-state index in [2.05, 4.69) is 38.7 Å². The van der Waals surface area contributed by atoms with Gasteiger partial charge in [0.05, 0.1) is 18.1 Å². The molecule has 2 aromatic heterocycles. The molecule has 1 saturated heterocycles. The highest BCUT2D eigenvalue weighted by atomic mass is 19.1. The smallest absolute Gasteiger partial charge is 0.225 e. The maximum Gasteiger partial charge on any atom is 0.225 e. The van der Waals surface area contributed by atoms with Crippen molar-refractivity contribution in [3.05, 3.63) is 35.2 Å². The molecule has 1 fully saturated rings. The van der Waals surface area contributed by atoms with Crippen LogP contribution in [0.2, 0.25) is 0 Å². The number of halogens is 1. The van der Waals surface area contributed by atoms with Crippen molar-refractivity contribution in [2.45, 2.75) is 20.4 Å². The molecule has 1 aliphatic rings. The molecule has 3 rings (SSSR count). The van der Waals surface area contributed by atoms with Gasteiger partial charge in [0.15, 0.2) is 5.82 Å². The molecule has 0 unspecified atom stereocenters. The van der Waals surface area contributed by atoms with Gasteiger partial charge in [-0.05, 0) is 13.8 Å². The maximum atomic E-state index is 12.9. The Labute approximate surface area is 129 Å². The summed E-state index contributed by atoms with van der Waals surface area (Å²) in [6.45, 7) is 8.67. The summed E-state index contributed by atoms with van der Waals surface area (Å²) in [7, 11) is 1.98. The minimum Gasteiger partial charge on any atom is -0.338 e. The molecule has 3 heterocycles. The lowest BCUT2D eigenvalue weighted by Crippen LogP contribution is -2.46. The highest BCUT2D eigenvalue weighted by molar-refractivity contribution is 5.30. The van der Waals surface area contributed by atoms with Gasteiger partial charge < -0.3 is 4.90 Å². The number of nitrogens with zero attached hydrogens (tertiary/aromatic N) is 6. The van der Waals surface area contributed by atoms with Crippen molar-refractivity contribution >= 4 is 5.95 Å². The van der Waals surface area contributed by atoms with E-state index in [0.717, 1.165) is 38.4 Å². The van der Waals surface area contributed by atoms with Crippen LogP contribution in [0.5, 0.6) is 0 Å². The third-order valence-corrected chi connectivity index (χ3v) is 4.30. The second-order valence-corrected chi connectivity index (χ2v) is 5.74. The molecule has 0 radical (unpaired) electrons. The van der Waals surface area contributed by atoms with Crippen LogP contribution in [-0.2, 0) is 13.6 Å². The van der Waals surface area contributed by atoms with Gasteiger partial charge in [0.1, 0.15) is 0 Å². The molecule has 6 nitrogen and oxygen atoms in total. The number of hydrogen-bond acceptors (Lipinski definition) is 5. The predicted molar refractivity (Wildman–Crippen MR) is 82.2 cm³/mol. The van der Waals surface area contributed by atoms with E-state index in [1.165, 1.54) is 23.7 Å². The first-order valence-electron chi connectivity index (χ1n) is 7.48. The zero-order valence-corrected chi connectivity index (χ0v) is 13.3. The quantitative estimate of drug-likeness (QED) is 0.855. The maximum absolute atomic E-state index is 12.9. The van der Waals surface area contributed by atoms with Gasteiger partial charge in [-0.2, -0.15) is 5.10 Å². The first kappa shape index (κ1) is 14.9. The normalized spacial score (nSPS) is 16.3. The third-order valence-electron chi connectivity index (χ3n) is 4.30. The second-order valence-electron chi connectivity index (χ2n) is 5.74. The van der Waals surface area contributed by atoms with Crippen molar-refractivity contribution in [2.75, 3.05) is 31.1 Å². The average Bonchev–Trinajstić information content (AvgIpc) is 2.75.